The van der Waals surface area contributed by atoms with E-state index in [2.05, 4.69) is 48.8 Å². The van der Waals surface area contributed by atoms with Crippen molar-refractivity contribution in [2.45, 2.75) is 187 Å². The molecule has 0 bridgehead atoms. The fraction of sp³-hybridized carbons (Fsp3) is 0.689. The Labute approximate surface area is 334 Å². The van der Waals surface area contributed by atoms with Gasteiger partial charge >= 0.3 is 19.8 Å². The van der Waals surface area contributed by atoms with E-state index in [4.69, 9.17) is 19.3 Å². The van der Waals surface area contributed by atoms with Crippen molar-refractivity contribution < 1.29 is 43.0 Å². The third-order valence-electron chi connectivity index (χ3n) is 8.78. The zero-order valence-corrected chi connectivity index (χ0v) is 35.3. The molecule has 0 aromatic heterocycles. The smallest absolute Gasteiger partial charge is 0.462 e. The first-order valence-electron chi connectivity index (χ1n) is 21.3. The van der Waals surface area contributed by atoms with Crippen LogP contribution in [0.4, 0.5) is 0 Å². The van der Waals surface area contributed by atoms with Gasteiger partial charge in [0.15, 0.2) is 6.10 Å². The van der Waals surface area contributed by atoms with Crippen molar-refractivity contribution in [1.82, 2.24) is 0 Å². The first-order chi connectivity index (χ1) is 26.7. The number of phosphoric acid groups is 1. The van der Waals surface area contributed by atoms with Crippen molar-refractivity contribution in [2.24, 2.45) is 0 Å². The second-order valence-corrected chi connectivity index (χ2v) is 15.4. The lowest BCUT2D eigenvalue weighted by molar-refractivity contribution is -0.161. The maximum absolute atomic E-state index is 12.4. The van der Waals surface area contributed by atoms with E-state index in [0.717, 1.165) is 44.9 Å². The molecule has 10 heteroatoms. The quantitative estimate of drug-likeness (QED) is 0.0183. The Morgan fingerprint density at radius 3 is 1.64 bits per heavy atom. The van der Waals surface area contributed by atoms with Crippen LogP contribution in [0.5, 0.6) is 0 Å². The summed E-state index contributed by atoms with van der Waals surface area (Å²) < 4.78 is 26.3. The van der Waals surface area contributed by atoms with Crippen molar-refractivity contribution in [3.05, 3.63) is 72.9 Å². The molecule has 316 valence electrons. The normalized spacial score (nSPS) is 13.8. The van der Waals surface area contributed by atoms with Crippen molar-refractivity contribution in [3.63, 3.8) is 0 Å². The zero-order valence-electron chi connectivity index (χ0n) is 34.4. The van der Waals surface area contributed by atoms with Crippen molar-refractivity contribution in [1.29, 1.82) is 0 Å². The molecular weight excluding hydrogens is 715 g/mol. The summed E-state index contributed by atoms with van der Waals surface area (Å²) >= 11 is 0. The molecule has 0 rings (SSSR count). The van der Waals surface area contributed by atoms with Gasteiger partial charge in [0.05, 0.1) is 12.7 Å². The first kappa shape index (κ1) is 52.5. The number of carbonyl (C=O) groups excluding carboxylic acids is 2. The number of hydrogen-bond donors (Lipinski definition) is 3. The van der Waals surface area contributed by atoms with Gasteiger partial charge < -0.3 is 24.4 Å². The molecule has 0 spiro atoms. The molecule has 0 aliphatic rings. The standard InChI is InChI=1S/C45H77O9P/c1-3-5-7-9-11-12-13-14-15-16-17-18-19-20-21-22-27-31-35-39-45(48)54-43(41-53-55(49,50)51)40-52-44(47)38-34-30-26-24-23-25-29-33-37-42(46)36-32-28-10-8-6-4-2/h11-12,14-15,24-26,28-29,32-33,37,42-43,46H,3-10,13,16-23,27,30-31,34-36,38-41H2,1-2H3,(H2,49,50,51)/b12-11-,15-14-,26-24-,29-25-,32-28-,37-33+/t42-,43-/m1/s1. The van der Waals surface area contributed by atoms with E-state index in [9.17, 15) is 19.3 Å². The summed E-state index contributed by atoms with van der Waals surface area (Å²) in [4.78, 5) is 42.9. The largest absolute Gasteiger partial charge is 0.469 e. The number of esters is 2. The molecule has 0 radical (unpaired) electrons. The summed E-state index contributed by atoms with van der Waals surface area (Å²) in [6.45, 7) is 3.50. The molecule has 0 aromatic rings. The van der Waals surface area contributed by atoms with Gasteiger partial charge in [-0.15, -0.1) is 0 Å². The minimum Gasteiger partial charge on any atom is -0.462 e. The number of allylic oxidation sites excluding steroid dienone is 10. The average molecular weight is 793 g/mol. The van der Waals surface area contributed by atoms with Crippen LogP contribution in [0.2, 0.25) is 0 Å². The summed E-state index contributed by atoms with van der Waals surface area (Å²) in [6.07, 6.45) is 47.9. The Balaban J connectivity index is 4.08. The molecule has 0 aliphatic carbocycles. The Morgan fingerprint density at radius 2 is 1.05 bits per heavy atom. The highest BCUT2D eigenvalue weighted by atomic mass is 31.2. The molecule has 0 amide bonds. The van der Waals surface area contributed by atoms with Crippen LogP contribution in [0.25, 0.3) is 0 Å². The summed E-state index contributed by atoms with van der Waals surface area (Å²) in [7, 11) is -4.79. The predicted octanol–water partition coefficient (Wildman–Crippen LogP) is 12.0. The lowest BCUT2D eigenvalue weighted by atomic mass is 10.1. The van der Waals surface area contributed by atoms with E-state index in [1.54, 1.807) is 6.08 Å². The topological polar surface area (TPSA) is 140 Å². The van der Waals surface area contributed by atoms with Gasteiger partial charge in [0.1, 0.15) is 6.61 Å². The number of aliphatic hydroxyl groups excluding tert-OH is 1. The third kappa shape index (κ3) is 42.4. The SMILES string of the molecule is CCCCC/C=C\C/C=C\CCCCCCCCCCCC(=O)O[C@H](COC(=O)CCC/C=C\C/C=C\C=C\[C@H](O)C/C=C\CCCCC)COP(=O)(O)O. The monoisotopic (exact) mass is 793 g/mol. The summed E-state index contributed by atoms with van der Waals surface area (Å²) in [6, 6.07) is 0. The Kier molecular flexibility index (Phi) is 37.8. The van der Waals surface area contributed by atoms with Crippen LogP contribution >= 0.6 is 7.82 Å². The minimum atomic E-state index is -4.79. The van der Waals surface area contributed by atoms with Crippen LogP contribution in [0.3, 0.4) is 0 Å². The number of rotatable bonds is 38. The van der Waals surface area contributed by atoms with Gasteiger partial charge in [-0.2, -0.15) is 0 Å². The lowest BCUT2D eigenvalue weighted by Crippen LogP contribution is -2.29. The highest BCUT2D eigenvalue weighted by Gasteiger charge is 2.22. The van der Waals surface area contributed by atoms with Crippen LogP contribution in [0.1, 0.15) is 174 Å². The van der Waals surface area contributed by atoms with E-state index in [0.29, 0.717) is 25.7 Å². The number of ether oxygens (including phenoxy) is 2. The van der Waals surface area contributed by atoms with E-state index < -0.39 is 38.6 Å². The minimum absolute atomic E-state index is 0.155. The maximum Gasteiger partial charge on any atom is 0.469 e. The molecular formula is C45H77O9P. The van der Waals surface area contributed by atoms with Crippen LogP contribution in [-0.2, 0) is 28.2 Å². The van der Waals surface area contributed by atoms with Gasteiger partial charge in [0.25, 0.3) is 0 Å². The highest BCUT2D eigenvalue weighted by Crippen LogP contribution is 2.36. The Morgan fingerprint density at radius 1 is 0.564 bits per heavy atom. The summed E-state index contributed by atoms with van der Waals surface area (Å²) in [5.74, 6) is -0.998. The fourth-order valence-electron chi connectivity index (χ4n) is 5.54. The third-order valence-corrected chi connectivity index (χ3v) is 9.26. The van der Waals surface area contributed by atoms with Gasteiger partial charge in [-0.1, -0.05) is 157 Å². The average Bonchev–Trinajstić information content (AvgIpc) is 3.15. The molecule has 3 N–H and O–H groups in total. The number of unbranched alkanes of at least 4 members (excludes halogenated alkanes) is 16. The molecule has 55 heavy (non-hydrogen) atoms. The molecule has 0 fully saturated rings. The van der Waals surface area contributed by atoms with Crippen molar-refractivity contribution >= 4 is 19.8 Å². The molecule has 2 atom stereocenters. The molecule has 0 heterocycles. The molecule has 9 nitrogen and oxygen atoms in total. The van der Waals surface area contributed by atoms with E-state index >= 15 is 0 Å². The Bertz CT molecular complexity index is 1140. The van der Waals surface area contributed by atoms with Crippen molar-refractivity contribution in [3.8, 4) is 0 Å². The van der Waals surface area contributed by atoms with Crippen LogP contribution in [-0.4, -0.2) is 52.3 Å². The maximum atomic E-state index is 12.4. The zero-order chi connectivity index (χ0) is 40.5. The molecule has 0 saturated carbocycles. The molecule has 0 unspecified atom stereocenters. The summed E-state index contributed by atoms with van der Waals surface area (Å²) in [5.41, 5.74) is 0. The van der Waals surface area contributed by atoms with Crippen molar-refractivity contribution in [2.75, 3.05) is 13.2 Å². The van der Waals surface area contributed by atoms with Gasteiger partial charge in [-0.3, -0.25) is 14.1 Å². The predicted molar refractivity (Wildman–Crippen MR) is 226 cm³/mol. The van der Waals surface area contributed by atoms with Gasteiger partial charge in [0, 0.05) is 12.8 Å². The van der Waals surface area contributed by atoms with Gasteiger partial charge in [0.2, 0.25) is 0 Å². The van der Waals surface area contributed by atoms with Crippen LogP contribution < -0.4 is 0 Å². The number of aliphatic hydroxyl groups is 1. The molecule has 0 aliphatic heterocycles. The van der Waals surface area contributed by atoms with Gasteiger partial charge in [-0.05, 0) is 77.0 Å². The lowest BCUT2D eigenvalue weighted by Gasteiger charge is -2.18. The van der Waals surface area contributed by atoms with Crippen LogP contribution in [0.15, 0.2) is 72.9 Å². The van der Waals surface area contributed by atoms with Gasteiger partial charge in [-0.25, -0.2) is 4.57 Å². The summed E-state index contributed by atoms with van der Waals surface area (Å²) in [5, 5.41) is 10.00. The van der Waals surface area contributed by atoms with Crippen LogP contribution in [0, 0.1) is 0 Å². The second kappa shape index (κ2) is 39.7. The fourth-order valence-corrected chi connectivity index (χ4v) is 5.90. The number of phosphoric ester groups is 1. The number of carbonyl (C=O) groups is 2. The second-order valence-electron chi connectivity index (χ2n) is 14.2. The Hall–Kier alpha value is -2.55. The highest BCUT2D eigenvalue weighted by molar-refractivity contribution is 7.46. The molecule has 0 aromatic carbocycles. The first-order valence-corrected chi connectivity index (χ1v) is 22.9. The number of hydrogen-bond acceptors (Lipinski definition) is 7. The van der Waals surface area contributed by atoms with E-state index in [1.165, 1.54) is 77.0 Å². The van der Waals surface area contributed by atoms with E-state index in [1.807, 2.05) is 36.5 Å². The van der Waals surface area contributed by atoms with E-state index in [-0.39, 0.29) is 19.4 Å². The molecule has 0 saturated heterocycles.